The van der Waals surface area contributed by atoms with E-state index in [0.717, 1.165) is 11.5 Å². The molecule has 13 heavy (non-hydrogen) atoms. The van der Waals surface area contributed by atoms with E-state index in [0.29, 0.717) is 0 Å². The molecule has 70 valence electrons. The van der Waals surface area contributed by atoms with Crippen molar-refractivity contribution in [1.29, 1.82) is 0 Å². The highest BCUT2D eigenvalue weighted by Crippen LogP contribution is 2.32. The maximum Gasteiger partial charge on any atom is 0.591 e. The van der Waals surface area contributed by atoms with Gasteiger partial charge in [-0.25, -0.2) is 0 Å². The number of hydrogen-bond donors (Lipinski definition) is 0. The summed E-state index contributed by atoms with van der Waals surface area (Å²) >= 11 is 0. The zero-order valence-corrected chi connectivity index (χ0v) is 8.41. The topological polar surface area (TPSA) is 18.5 Å². The molecule has 2 rings (SSSR count). The largest absolute Gasteiger partial charge is 0.591 e. The molecule has 0 N–H and O–H groups in total. The summed E-state index contributed by atoms with van der Waals surface area (Å²) in [6, 6.07) is 7.66. The Balaban J connectivity index is 0.000000251. The molecule has 1 aliphatic heterocycles. The third-order valence-electron chi connectivity index (χ3n) is 1.44. The molecule has 0 spiro atoms. The van der Waals surface area contributed by atoms with Crippen LogP contribution in [0.2, 0.25) is 6.82 Å². The quantitative estimate of drug-likeness (QED) is 0.568. The van der Waals surface area contributed by atoms with Gasteiger partial charge < -0.3 is 9.31 Å². The summed E-state index contributed by atoms with van der Waals surface area (Å²) in [5, 5.41) is 0. The third-order valence-corrected chi connectivity index (χ3v) is 1.44. The van der Waals surface area contributed by atoms with E-state index in [2.05, 4.69) is 13.8 Å². The minimum absolute atomic E-state index is 0.127. The average Bonchev–Trinajstić information content (AvgIpc) is 2.45. The summed E-state index contributed by atoms with van der Waals surface area (Å²) in [7, 11) is -0.127. The number of para-hydroxylation sites is 2. The number of hydrogen-bond acceptors (Lipinski definition) is 2. The Kier molecular flexibility index (Phi) is 3.68. The van der Waals surface area contributed by atoms with Crippen molar-refractivity contribution in [3.05, 3.63) is 24.3 Å². The summed E-state index contributed by atoms with van der Waals surface area (Å²) in [4.78, 5) is 0. The van der Waals surface area contributed by atoms with E-state index >= 15 is 0 Å². The molecule has 3 heteroatoms. The summed E-state index contributed by atoms with van der Waals surface area (Å²) < 4.78 is 10.6. The average molecular weight is 178 g/mol. The number of benzene rings is 1. The van der Waals surface area contributed by atoms with E-state index in [1.54, 1.807) is 0 Å². The minimum atomic E-state index is -0.127. The Morgan fingerprint density at radius 3 is 1.85 bits per heavy atom. The van der Waals surface area contributed by atoms with Gasteiger partial charge in [0, 0.05) is 0 Å². The van der Waals surface area contributed by atoms with Gasteiger partial charge in [0.15, 0.2) is 0 Å². The molecule has 0 aliphatic carbocycles. The lowest BCUT2D eigenvalue weighted by atomic mass is 9.97. The smallest absolute Gasteiger partial charge is 0.523 e. The molecule has 0 fully saturated rings. The fourth-order valence-electron chi connectivity index (χ4n) is 1.03. The van der Waals surface area contributed by atoms with Gasteiger partial charge in [-0.3, -0.25) is 0 Å². The van der Waals surface area contributed by atoms with Gasteiger partial charge in [-0.05, 0) is 19.0 Å². The van der Waals surface area contributed by atoms with Gasteiger partial charge in [0.2, 0.25) is 0 Å². The molecule has 0 aromatic heterocycles. The summed E-state index contributed by atoms with van der Waals surface area (Å²) in [6.07, 6.45) is 1.25. The molecule has 0 bridgehead atoms. The summed E-state index contributed by atoms with van der Waals surface area (Å²) in [5.41, 5.74) is 0. The molecule has 1 heterocycles. The predicted molar refractivity (Wildman–Crippen MR) is 55.3 cm³/mol. The van der Waals surface area contributed by atoms with E-state index in [9.17, 15) is 0 Å². The van der Waals surface area contributed by atoms with Crippen LogP contribution in [0.15, 0.2) is 24.3 Å². The van der Waals surface area contributed by atoms with Crippen LogP contribution >= 0.6 is 0 Å². The van der Waals surface area contributed by atoms with Crippen LogP contribution in [0.5, 0.6) is 11.5 Å². The lowest BCUT2D eigenvalue weighted by Gasteiger charge is -1.93. The Morgan fingerprint density at radius 1 is 1.08 bits per heavy atom. The second kappa shape index (κ2) is 4.80. The van der Waals surface area contributed by atoms with E-state index in [1.165, 1.54) is 6.42 Å². The zero-order chi connectivity index (χ0) is 9.68. The first kappa shape index (κ1) is 9.97. The molecule has 1 aromatic carbocycles. The van der Waals surface area contributed by atoms with Gasteiger partial charge in [-0.15, -0.1) is 0 Å². The molecule has 0 atom stereocenters. The molecule has 0 saturated heterocycles. The lowest BCUT2D eigenvalue weighted by Crippen LogP contribution is -2.18. The van der Waals surface area contributed by atoms with Crippen LogP contribution in [0.25, 0.3) is 0 Å². The molecular formula is C10H15BO2. The fourth-order valence-corrected chi connectivity index (χ4v) is 1.03. The van der Waals surface area contributed by atoms with Crippen molar-refractivity contribution in [3.8, 4) is 11.5 Å². The van der Waals surface area contributed by atoms with E-state index in [-0.39, 0.29) is 7.12 Å². The SMILES string of the molecule is CB1Oc2ccccc2O1.CCC. The number of rotatable bonds is 0. The summed E-state index contributed by atoms with van der Waals surface area (Å²) in [6.45, 7) is 6.12. The maximum absolute atomic E-state index is 5.28. The van der Waals surface area contributed by atoms with Crippen LogP contribution in [0.4, 0.5) is 0 Å². The van der Waals surface area contributed by atoms with Crippen LogP contribution in [0, 0.1) is 0 Å². The van der Waals surface area contributed by atoms with Crippen molar-refractivity contribution in [2.45, 2.75) is 27.1 Å². The molecule has 0 radical (unpaired) electrons. The lowest BCUT2D eigenvalue weighted by molar-refractivity contribution is 0.510. The van der Waals surface area contributed by atoms with Gasteiger partial charge in [0.05, 0.1) is 0 Å². The number of fused-ring (bicyclic) bond motifs is 1. The molecular weight excluding hydrogens is 163 g/mol. The van der Waals surface area contributed by atoms with Gasteiger partial charge in [0.25, 0.3) is 0 Å². The van der Waals surface area contributed by atoms with Crippen LogP contribution < -0.4 is 9.31 Å². The van der Waals surface area contributed by atoms with Gasteiger partial charge >= 0.3 is 7.12 Å². The first-order valence-corrected chi connectivity index (χ1v) is 4.70. The van der Waals surface area contributed by atoms with Gasteiger partial charge in [-0.2, -0.15) is 0 Å². The fraction of sp³-hybridized carbons (Fsp3) is 0.400. The highest BCUT2D eigenvalue weighted by atomic mass is 16.6. The van der Waals surface area contributed by atoms with E-state index in [4.69, 9.17) is 9.31 Å². The molecule has 0 unspecified atom stereocenters. The first-order chi connectivity index (χ1) is 6.27. The van der Waals surface area contributed by atoms with Crippen LogP contribution in [0.1, 0.15) is 20.3 Å². The molecule has 0 saturated carbocycles. The summed E-state index contributed by atoms with van der Waals surface area (Å²) in [5.74, 6) is 1.69. The maximum atomic E-state index is 5.28. The van der Waals surface area contributed by atoms with Gasteiger partial charge in [-0.1, -0.05) is 32.4 Å². The second-order valence-electron chi connectivity index (χ2n) is 2.96. The van der Waals surface area contributed by atoms with Crippen molar-refractivity contribution in [2.75, 3.05) is 0 Å². The normalized spacial score (nSPS) is 12.1. The molecule has 1 aromatic rings. The Bertz CT molecular complexity index is 238. The monoisotopic (exact) mass is 178 g/mol. The van der Waals surface area contributed by atoms with E-state index in [1.807, 2.05) is 31.1 Å². The Morgan fingerprint density at radius 2 is 1.46 bits per heavy atom. The first-order valence-electron chi connectivity index (χ1n) is 4.70. The van der Waals surface area contributed by atoms with E-state index < -0.39 is 0 Å². The standard InChI is InChI=1S/C7H7BO2.C3H8/c1-8-9-6-4-2-3-5-7(6)10-8;1-3-2/h2-5H,1H3;3H2,1-2H3. The van der Waals surface area contributed by atoms with Crippen LogP contribution in [-0.2, 0) is 0 Å². The van der Waals surface area contributed by atoms with Crippen LogP contribution in [0.3, 0.4) is 0 Å². The molecule has 0 amide bonds. The predicted octanol–water partition coefficient (Wildman–Crippen LogP) is 2.99. The third kappa shape index (κ3) is 2.69. The van der Waals surface area contributed by atoms with Crippen LogP contribution in [-0.4, -0.2) is 7.12 Å². The minimum Gasteiger partial charge on any atom is -0.523 e. The highest BCUT2D eigenvalue weighted by molar-refractivity contribution is 6.45. The van der Waals surface area contributed by atoms with Crippen molar-refractivity contribution in [1.82, 2.24) is 0 Å². The van der Waals surface area contributed by atoms with Crippen molar-refractivity contribution in [3.63, 3.8) is 0 Å². The highest BCUT2D eigenvalue weighted by Gasteiger charge is 2.24. The Hall–Kier alpha value is -1.12. The van der Waals surface area contributed by atoms with Gasteiger partial charge in [0.1, 0.15) is 11.5 Å². The second-order valence-corrected chi connectivity index (χ2v) is 2.96. The molecule has 1 aliphatic rings. The van der Waals surface area contributed by atoms with Crippen molar-refractivity contribution >= 4 is 7.12 Å². The Labute approximate surface area is 80.0 Å². The van der Waals surface area contributed by atoms with Crippen molar-refractivity contribution in [2.24, 2.45) is 0 Å². The van der Waals surface area contributed by atoms with Crippen molar-refractivity contribution < 1.29 is 9.31 Å². The zero-order valence-electron chi connectivity index (χ0n) is 8.41. The molecule has 2 nitrogen and oxygen atoms in total.